The molecule has 102 valence electrons. The van der Waals surface area contributed by atoms with Crippen LogP contribution in [0, 0.1) is 41.4 Å². The molecule has 3 aliphatic rings. The van der Waals surface area contributed by atoms with Crippen molar-refractivity contribution in [3.05, 3.63) is 0 Å². The number of terminal acetylenes is 1. The molecule has 5 atom stereocenters. The van der Waals surface area contributed by atoms with Crippen LogP contribution in [0.25, 0.3) is 0 Å². The predicted molar refractivity (Wildman–Crippen MR) is 73.8 cm³/mol. The minimum absolute atomic E-state index is 0.0711. The van der Waals surface area contributed by atoms with Crippen LogP contribution >= 0.6 is 0 Å². The van der Waals surface area contributed by atoms with Gasteiger partial charge in [0.05, 0.1) is 5.92 Å². The Morgan fingerprint density at radius 1 is 1.28 bits per heavy atom. The summed E-state index contributed by atoms with van der Waals surface area (Å²) in [5, 5.41) is 0. The first kappa shape index (κ1) is 15.1. The van der Waals surface area contributed by atoms with E-state index in [4.69, 9.17) is 4.74 Å². The molecule has 5 unspecified atom stereocenters. The van der Waals surface area contributed by atoms with E-state index in [9.17, 15) is 4.79 Å². The molecule has 1 heterocycles. The number of carbonyl (C=O) groups is 1. The first-order valence-corrected chi connectivity index (χ1v) is 6.68. The molecular weight excluding hydrogens is 224 g/mol. The summed E-state index contributed by atoms with van der Waals surface area (Å²) in [7, 11) is 0. The Morgan fingerprint density at radius 2 is 1.72 bits per heavy atom. The van der Waals surface area contributed by atoms with Gasteiger partial charge < -0.3 is 4.74 Å². The van der Waals surface area contributed by atoms with Crippen molar-refractivity contribution in [3.63, 3.8) is 0 Å². The van der Waals surface area contributed by atoms with Gasteiger partial charge >= 0.3 is 5.97 Å². The van der Waals surface area contributed by atoms with Crippen molar-refractivity contribution in [1.29, 1.82) is 0 Å². The van der Waals surface area contributed by atoms with E-state index in [1.165, 1.54) is 0 Å². The Morgan fingerprint density at radius 3 is 2.11 bits per heavy atom. The van der Waals surface area contributed by atoms with Crippen LogP contribution in [-0.4, -0.2) is 12.1 Å². The van der Waals surface area contributed by atoms with E-state index < -0.39 is 0 Å². The maximum absolute atomic E-state index is 11.1. The average Bonchev–Trinajstić information content (AvgIpc) is 2.43. The quantitative estimate of drug-likeness (QED) is 0.486. The number of carbonyl (C=O) groups excluding carboxylic acids is 1. The van der Waals surface area contributed by atoms with Gasteiger partial charge in [0.25, 0.3) is 0 Å². The molecule has 3 fully saturated rings. The third-order valence-corrected chi connectivity index (χ3v) is 4.30. The number of ether oxygens (including phenoxy) is 1. The second-order valence-electron chi connectivity index (χ2n) is 7.53. The summed E-state index contributed by atoms with van der Waals surface area (Å²) in [5.41, 5.74) is 0.960. The third-order valence-electron chi connectivity index (χ3n) is 4.30. The van der Waals surface area contributed by atoms with Gasteiger partial charge in [-0.05, 0) is 23.2 Å². The first-order chi connectivity index (χ1) is 8.14. The second-order valence-corrected chi connectivity index (χ2v) is 7.53. The van der Waals surface area contributed by atoms with Crippen molar-refractivity contribution in [2.45, 2.75) is 54.1 Å². The van der Waals surface area contributed by atoms with E-state index in [1.54, 1.807) is 0 Å². The molecule has 2 saturated carbocycles. The van der Waals surface area contributed by atoms with Crippen LogP contribution < -0.4 is 0 Å². The van der Waals surface area contributed by atoms with Gasteiger partial charge in [0.2, 0.25) is 0 Å². The molecular formula is C16H26O2. The lowest BCUT2D eigenvalue weighted by molar-refractivity contribution is -0.195. The minimum Gasteiger partial charge on any atom is -0.461 e. The van der Waals surface area contributed by atoms with E-state index in [1.807, 2.05) is 0 Å². The average molecular weight is 250 g/mol. The van der Waals surface area contributed by atoms with Crippen molar-refractivity contribution in [2.24, 2.45) is 28.6 Å². The van der Waals surface area contributed by atoms with Gasteiger partial charge in [0.1, 0.15) is 6.10 Å². The van der Waals surface area contributed by atoms with Crippen LogP contribution in [0.4, 0.5) is 0 Å². The fraction of sp³-hybridized carbons (Fsp3) is 0.812. The fourth-order valence-corrected chi connectivity index (χ4v) is 3.32. The lowest BCUT2D eigenvalue weighted by Gasteiger charge is -2.63. The number of hydrogen-bond acceptors (Lipinski definition) is 2. The van der Waals surface area contributed by atoms with Crippen molar-refractivity contribution in [2.75, 3.05) is 0 Å². The summed E-state index contributed by atoms with van der Waals surface area (Å²) < 4.78 is 5.25. The Balaban J connectivity index is 0.000000200. The molecule has 0 aromatic rings. The van der Waals surface area contributed by atoms with Gasteiger partial charge in [-0.15, -0.1) is 12.8 Å². The highest BCUT2D eigenvalue weighted by atomic mass is 16.6. The Kier molecular flexibility index (Phi) is 3.86. The monoisotopic (exact) mass is 250 g/mol. The van der Waals surface area contributed by atoms with E-state index in [0.717, 1.165) is 6.42 Å². The number of hydrogen-bond donors (Lipinski definition) is 0. The van der Waals surface area contributed by atoms with Gasteiger partial charge in [-0.1, -0.05) is 41.5 Å². The van der Waals surface area contributed by atoms with E-state index in [-0.39, 0.29) is 18.0 Å². The van der Waals surface area contributed by atoms with Crippen molar-refractivity contribution in [1.82, 2.24) is 0 Å². The second kappa shape index (κ2) is 4.61. The topological polar surface area (TPSA) is 26.3 Å². The molecule has 0 aromatic carbocycles. The largest absolute Gasteiger partial charge is 0.461 e. The molecule has 3 rings (SSSR count). The lowest BCUT2D eigenvalue weighted by Crippen LogP contribution is -2.65. The molecule has 2 heteroatoms. The Bertz CT molecular complexity index is 344. The summed E-state index contributed by atoms with van der Waals surface area (Å²) in [6.07, 6.45) is 9.36. The normalized spacial score (nSPS) is 42.8. The summed E-state index contributed by atoms with van der Waals surface area (Å²) >= 11 is 0. The van der Waals surface area contributed by atoms with Gasteiger partial charge in [-0.3, -0.25) is 4.79 Å². The van der Waals surface area contributed by atoms with Crippen LogP contribution in [0.15, 0.2) is 0 Å². The predicted octanol–water partition coefficient (Wildman–Crippen LogP) is 3.51. The Hall–Kier alpha value is -0.970. The minimum atomic E-state index is 0.0711. The highest BCUT2D eigenvalue weighted by Crippen LogP contribution is 2.71. The molecule has 1 aliphatic heterocycles. The molecule has 0 spiro atoms. The van der Waals surface area contributed by atoms with Gasteiger partial charge in [0.15, 0.2) is 0 Å². The molecule has 2 nitrogen and oxygen atoms in total. The molecule has 0 N–H and O–H groups in total. The van der Waals surface area contributed by atoms with Gasteiger partial charge in [0, 0.05) is 5.92 Å². The standard InChI is InChI=1S/C9H12O2.C5H12.C2H2/c1-4-7-6-5(8(10)11-7)3-9(4,6)2;1-5(2,3)4;1-2/h4-7H,3H2,1-2H3;1-4H3;1-2H. The van der Waals surface area contributed by atoms with Crippen LogP contribution in [0.3, 0.4) is 0 Å². The molecule has 1 saturated heterocycles. The first-order valence-electron chi connectivity index (χ1n) is 6.68. The molecule has 2 aliphatic carbocycles. The smallest absolute Gasteiger partial charge is 0.309 e. The summed E-state index contributed by atoms with van der Waals surface area (Å²) in [6.45, 7) is 13.2. The van der Waals surface area contributed by atoms with Crippen LogP contribution in [0.5, 0.6) is 0 Å². The zero-order valence-corrected chi connectivity index (χ0v) is 12.5. The van der Waals surface area contributed by atoms with Crippen molar-refractivity contribution < 1.29 is 9.53 Å². The van der Waals surface area contributed by atoms with Gasteiger partial charge in [-0.2, -0.15) is 0 Å². The van der Waals surface area contributed by atoms with Crippen molar-refractivity contribution >= 4 is 5.97 Å². The zero-order chi connectivity index (χ0) is 14.3. The van der Waals surface area contributed by atoms with Crippen LogP contribution in [0.2, 0.25) is 0 Å². The van der Waals surface area contributed by atoms with E-state index in [2.05, 4.69) is 54.4 Å². The number of esters is 1. The molecule has 0 aromatic heterocycles. The highest BCUT2D eigenvalue weighted by molar-refractivity contribution is 5.78. The summed E-state index contributed by atoms with van der Waals surface area (Å²) in [5.74, 6) is 1.54. The third kappa shape index (κ3) is 2.28. The maximum atomic E-state index is 11.1. The lowest BCUT2D eigenvalue weighted by atomic mass is 9.39. The fourth-order valence-electron chi connectivity index (χ4n) is 3.32. The summed E-state index contributed by atoms with van der Waals surface area (Å²) in [6, 6.07) is 0. The highest BCUT2D eigenvalue weighted by Gasteiger charge is 2.74. The Labute approximate surface area is 111 Å². The van der Waals surface area contributed by atoms with Crippen LogP contribution in [0.1, 0.15) is 48.0 Å². The van der Waals surface area contributed by atoms with Crippen LogP contribution in [-0.2, 0) is 9.53 Å². The maximum Gasteiger partial charge on any atom is 0.309 e. The van der Waals surface area contributed by atoms with Crippen molar-refractivity contribution in [3.8, 4) is 12.8 Å². The molecule has 0 bridgehead atoms. The molecule has 0 radical (unpaired) electrons. The summed E-state index contributed by atoms with van der Waals surface area (Å²) in [4.78, 5) is 11.1. The van der Waals surface area contributed by atoms with E-state index >= 15 is 0 Å². The number of rotatable bonds is 0. The zero-order valence-electron chi connectivity index (χ0n) is 12.5. The van der Waals surface area contributed by atoms with E-state index in [0.29, 0.717) is 22.7 Å². The SMILES string of the molecule is C#C.CC(C)(C)C.CC1C2OC(=O)C3CC1(C)C32. The van der Waals surface area contributed by atoms with Gasteiger partial charge in [-0.25, -0.2) is 0 Å². The molecule has 18 heavy (non-hydrogen) atoms. The molecule has 0 amide bonds.